The first-order chi connectivity index (χ1) is 14.2. The molecule has 0 bridgehead atoms. The van der Waals surface area contributed by atoms with Crippen LogP contribution in [0.5, 0.6) is 0 Å². The highest BCUT2D eigenvalue weighted by Gasteiger charge is 2.42. The SMILES string of the molecule is C=N/C(Cl)=C\c1c(C)c(C(N)=O)nn1-c1cccc(C#C[C@]2(O)CCN(C)C2=O)c1. The van der Waals surface area contributed by atoms with Crippen LogP contribution in [-0.4, -0.2) is 57.5 Å². The van der Waals surface area contributed by atoms with Crippen LogP contribution < -0.4 is 5.73 Å². The highest BCUT2D eigenvalue weighted by molar-refractivity contribution is 6.31. The van der Waals surface area contributed by atoms with Crippen molar-refractivity contribution in [1.82, 2.24) is 14.7 Å². The van der Waals surface area contributed by atoms with Crippen molar-refractivity contribution in [2.24, 2.45) is 10.7 Å². The number of aliphatic hydroxyl groups is 1. The fourth-order valence-corrected chi connectivity index (χ4v) is 3.23. The molecule has 1 fully saturated rings. The first-order valence-corrected chi connectivity index (χ1v) is 9.39. The van der Waals surface area contributed by atoms with E-state index in [2.05, 4.69) is 28.6 Å². The Kier molecular flexibility index (Phi) is 5.78. The van der Waals surface area contributed by atoms with Crippen molar-refractivity contribution < 1.29 is 14.7 Å². The smallest absolute Gasteiger partial charge is 0.269 e. The molecule has 0 radical (unpaired) electrons. The average molecular weight is 426 g/mol. The minimum Gasteiger partial charge on any atom is -0.369 e. The maximum absolute atomic E-state index is 12.1. The van der Waals surface area contributed by atoms with Gasteiger partial charge in [0, 0.05) is 37.2 Å². The van der Waals surface area contributed by atoms with Gasteiger partial charge in [0.1, 0.15) is 5.16 Å². The molecule has 0 spiro atoms. The lowest BCUT2D eigenvalue weighted by Gasteiger charge is -2.13. The predicted octanol–water partition coefficient (Wildman–Crippen LogP) is 1.46. The van der Waals surface area contributed by atoms with Crippen LogP contribution >= 0.6 is 11.6 Å². The van der Waals surface area contributed by atoms with E-state index in [-0.39, 0.29) is 17.3 Å². The third-order valence-electron chi connectivity index (χ3n) is 4.82. The van der Waals surface area contributed by atoms with E-state index in [9.17, 15) is 14.7 Å². The molecular weight excluding hydrogens is 406 g/mol. The van der Waals surface area contributed by atoms with Crippen molar-refractivity contribution >= 4 is 36.2 Å². The van der Waals surface area contributed by atoms with Crippen LogP contribution in [0.25, 0.3) is 11.8 Å². The van der Waals surface area contributed by atoms with Gasteiger partial charge in [0.05, 0.1) is 11.4 Å². The molecule has 1 aromatic heterocycles. The highest BCUT2D eigenvalue weighted by Crippen LogP contribution is 2.24. The number of primary amides is 1. The summed E-state index contributed by atoms with van der Waals surface area (Å²) in [6.45, 7) is 5.52. The Hall–Kier alpha value is -3.41. The molecule has 9 heteroatoms. The zero-order valence-corrected chi connectivity index (χ0v) is 17.3. The van der Waals surface area contributed by atoms with Crippen LogP contribution in [0.4, 0.5) is 0 Å². The van der Waals surface area contributed by atoms with Crippen LogP contribution in [0.2, 0.25) is 0 Å². The molecule has 8 nitrogen and oxygen atoms in total. The van der Waals surface area contributed by atoms with Crippen LogP contribution in [0.1, 0.15) is 33.7 Å². The number of nitrogens with two attached hydrogens (primary N) is 1. The van der Waals surface area contributed by atoms with E-state index in [1.807, 2.05) is 0 Å². The van der Waals surface area contributed by atoms with Gasteiger partial charge >= 0.3 is 0 Å². The zero-order chi connectivity index (χ0) is 22.1. The molecule has 1 aliphatic rings. The summed E-state index contributed by atoms with van der Waals surface area (Å²) >= 11 is 6.00. The third-order valence-corrected chi connectivity index (χ3v) is 5.05. The second-order valence-electron chi connectivity index (χ2n) is 6.90. The molecule has 0 unspecified atom stereocenters. The van der Waals surface area contributed by atoms with Crippen molar-refractivity contribution in [3.8, 4) is 17.5 Å². The lowest BCUT2D eigenvalue weighted by atomic mass is 10.0. The molecule has 3 N–H and O–H groups in total. The van der Waals surface area contributed by atoms with Crippen LogP contribution in [0, 0.1) is 18.8 Å². The van der Waals surface area contributed by atoms with E-state index in [0.29, 0.717) is 29.1 Å². The molecular formula is C21H20ClN5O3. The predicted molar refractivity (Wildman–Crippen MR) is 114 cm³/mol. The van der Waals surface area contributed by atoms with E-state index in [0.717, 1.165) is 0 Å². The molecule has 2 aromatic rings. The summed E-state index contributed by atoms with van der Waals surface area (Å²) in [5, 5.41) is 14.9. The Balaban J connectivity index is 2.06. The van der Waals surface area contributed by atoms with E-state index < -0.39 is 17.4 Å². The van der Waals surface area contributed by atoms with Crippen LogP contribution in [0.3, 0.4) is 0 Å². The van der Waals surface area contributed by atoms with Gasteiger partial charge in [-0.15, -0.1) is 0 Å². The van der Waals surface area contributed by atoms with Gasteiger partial charge in [-0.3, -0.25) is 14.6 Å². The first-order valence-electron chi connectivity index (χ1n) is 9.01. The van der Waals surface area contributed by atoms with Crippen LogP contribution in [-0.2, 0) is 4.79 Å². The molecule has 2 heterocycles. The Labute approximate surface area is 178 Å². The Morgan fingerprint density at radius 2 is 2.23 bits per heavy atom. The fourth-order valence-electron chi connectivity index (χ4n) is 3.13. The number of benzene rings is 1. The number of aliphatic imine (C=N–C) groups is 1. The standard InChI is InChI=1S/C21H20ClN5O3/c1-13-16(12-17(22)24-2)27(25-18(13)19(23)28)15-6-4-5-14(11-15)7-8-21(30)9-10-26(3)20(21)29/h4-6,11-12,30H,2,9-10H2,1,3H3,(H2,23,28)/b17-12-/t21-/m0/s1. The fraction of sp³-hybridized carbons (Fsp3) is 0.238. The van der Waals surface area contributed by atoms with Gasteiger partial charge in [0.15, 0.2) is 5.69 Å². The summed E-state index contributed by atoms with van der Waals surface area (Å²) in [5.41, 5.74) is 6.03. The van der Waals surface area contributed by atoms with Gasteiger partial charge in [0.25, 0.3) is 11.8 Å². The molecule has 154 valence electrons. The second-order valence-corrected chi connectivity index (χ2v) is 7.28. The number of carbonyl (C=O) groups excluding carboxylic acids is 2. The molecule has 1 aromatic carbocycles. The van der Waals surface area contributed by atoms with Gasteiger partial charge in [-0.25, -0.2) is 4.68 Å². The van der Waals surface area contributed by atoms with Gasteiger partial charge in [-0.05, 0) is 31.8 Å². The number of aromatic nitrogens is 2. The summed E-state index contributed by atoms with van der Waals surface area (Å²) < 4.78 is 1.50. The summed E-state index contributed by atoms with van der Waals surface area (Å²) in [6.07, 6.45) is 1.77. The summed E-state index contributed by atoms with van der Waals surface area (Å²) in [5.74, 6) is 4.44. The molecule has 2 amide bonds. The molecule has 1 aliphatic heterocycles. The molecule has 1 atom stereocenters. The second kappa shape index (κ2) is 8.14. The van der Waals surface area contributed by atoms with E-state index >= 15 is 0 Å². The van der Waals surface area contributed by atoms with Crippen molar-refractivity contribution in [1.29, 1.82) is 0 Å². The number of hydrogen-bond acceptors (Lipinski definition) is 5. The minimum absolute atomic E-state index is 0.0974. The quantitative estimate of drug-likeness (QED) is 0.438. The normalized spacial score (nSPS) is 18.9. The van der Waals surface area contributed by atoms with Crippen LogP contribution in [0.15, 0.2) is 34.4 Å². The number of nitrogens with zero attached hydrogens (tertiary/aromatic N) is 4. The number of hydrogen-bond donors (Lipinski definition) is 2. The molecule has 1 saturated heterocycles. The van der Waals surface area contributed by atoms with Crippen molar-refractivity contribution in [3.05, 3.63) is 51.9 Å². The monoisotopic (exact) mass is 425 g/mol. The number of likely N-dealkylation sites (N-methyl/N-ethyl adjacent to an activating group) is 1. The van der Waals surface area contributed by atoms with E-state index in [1.54, 1.807) is 38.2 Å². The van der Waals surface area contributed by atoms with Crippen molar-refractivity contribution in [3.63, 3.8) is 0 Å². The number of amides is 2. The number of likely N-dealkylation sites (tertiary alicyclic amines) is 1. The van der Waals surface area contributed by atoms with Gasteiger partial charge in [-0.1, -0.05) is 29.5 Å². The lowest BCUT2D eigenvalue weighted by molar-refractivity contribution is -0.137. The Bertz CT molecular complexity index is 1140. The van der Waals surface area contributed by atoms with Crippen molar-refractivity contribution in [2.45, 2.75) is 18.9 Å². The number of carbonyl (C=O) groups is 2. The largest absolute Gasteiger partial charge is 0.369 e. The minimum atomic E-state index is -1.69. The van der Waals surface area contributed by atoms with Gasteiger partial charge in [0.2, 0.25) is 5.60 Å². The molecule has 3 rings (SSSR count). The topological polar surface area (TPSA) is 114 Å². The van der Waals surface area contributed by atoms with Gasteiger partial charge in [-0.2, -0.15) is 5.10 Å². The summed E-state index contributed by atoms with van der Waals surface area (Å²) in [7, 11) is 1.62. The van der Waals surface area contributed by atoms with E-state index in [1.165, 1.54) is 15.7 Å². The average Bonchev–Trinajstić information content (AvgIpc) is 3.19. The van der Waals surface area contributed by atoms with E-state index in [4.69, 9.17) is 17.3 Å². The number of rotatable bonds is 4. The number of halogens is 1. The Morgan fingerprint density at radius 1 is 1.50 bits per heavy atom. The zero-order valence-electron chi connectivity index (χ0n) is 16.5. The maximum atomic E-state index is 12.1. The maximum Gasteiger partial charge on any atom is 0.269 e. The Morgan fingerprint density at radius 3 is 2.83 bits per heavy atom. The first kappa shape index (κ1) is 21.3. The molecule has 30 heavy (non-hydrogen) atoms. The highest BCUT2D eigenvalue weighted by atomic mass is 35.5. The third kappa shape index (κ3) is 3.99. The lowest BCUT2D eigenvalue weighted by Crippen LogP contribution is -2.37. The molecule has 0 saturated carbocycles. The van der Waals surface area contributed by atoms with Crippen molar-refractivity contribution in [2.75, 3.05) is 13.6 Å². The molecule has 0 aliphatic carbocycles. The summed E-state index contributed by atoms with van der Waals surface area (Å²) in [4.78, 5) is 29.0. The summed E-state index contributed by atoms with van der Waals surface area (Å²) in [6, 6.07) is 6.96. The van der Waals surface area contributed by atoms with Gasteiger partial charge < -0.3 is 15.7 Å².